The Morgan fingerprint density at radius 1 is 1.30 bits per heavy atom. The quantitative estimate of drug-likeness (QED) is 0.856. The summed E-state index contributed by atoms with van der Waals surface area (Å²) in [4.78, 5) is 0. The van der Waals surface area contributed by atoms with Crippen LogP contribution in [0.1, 0.15) is 21.6 Å². The van der Waals surface area contributed by atoms with Gasteiger partial charge in [0.05, 0.1) is 0 Å². The van der Waals surface area contributed by atoms with Crippen LogP contribution in [-0.4, -0.2) is 17.1 Å². The van der Waals surface area contributed by atoms with Crippen molar-refractivity contribution in [2.45, 2.75) is 24.5 Å². The van der Waals surface area contributed by atoms with E-state index in [1.807, 2.05) is 0 Å². The highest BCUT2D eigenvalue weighted by atomic mass is 32.2. The van der Waals surface area contributed by atoms with Gasteiger partial charge in [0.1, 0.15) is 10.6 Å². The molecule has 1 atom stereocenters. The van der Waals surface area contributed by atoms with Crippen molar-refractivity contribution in [2.75, 3.05) is 0 Å². The molecule has 1 aliphatic carbocycles. The molecule has 1 unspecified atom stereocenters. The smallest absolute Gasteiger partial charge is 0.247 e. The number of hydrogen-bond donors (Lipinski definition) is 0. The number of rotatable bonds is 4. The third kappa shape index (κ3) is 3.01. The Hall–Kier alpha value is -2.14. The fourth-order valence-electron chi connectivity index (χ4n) is 2.60. The van der Waals surface area contributed by atoms with Crippen LogP contribution < -0.4 is 0 Å². The number of nitrogens with zero attached hydrogens (tertiary/aromatic N) is 1. The highest BCUT2D eigenvalue weighted by Gasteiger charge is 2.39. The summed E-state index contributed by atoms with van der Waals surface area (Å²) in [6, 6.07) is 8.57. The first-order valence-corrected chi connectivity index (χ1v) is 8.64. The molecule has 5 heteroatoms. The summed E-state index contributed by atoms with van der Waals surface area (Å²) in [5.74, 6) is -0.531. The highest BCUT2D eigenvalue weighted by Crippen LogP contribution is 2.33. The molecule has 1 aromatic heterocycles. The lowest BCUT2D eigenvalue weighted by molar-refractivity contribution is 0.548. The number of aromatic nitrogens is 1. The first kappa shape index (κ1) is 13.3. The van der Waals surface area contributed by atoms with Crippen LogP contribution in [0.3, 0.4) is 0 Å². The molecule has 0 aliphatic heterocycles. The third-order valence-corrected chi connectivity index (χ3v) is 6.12. The van der Waals surface area contributed by atoms with Crippen LogP contribution in [0.15, 0.2) is 72.6 Å². The number of halogens is 1. The van der Waals surface area contributed by atoms with E-state index in [0.29, 0.717) is 5.57 Å². The molecule has 0 radical (unpaired) electrons. The van der Waals surface area contributed by atoms with E-state index in [-0.39, 0.29) is 12.0 Å². The van der Waals surface area contributed by atoms with Crippen LogP contribution >= 0.6 is 0 Å². The van der Waals surface area contributed by atoms with E-state index >= 15 is 0 Å². The van der Waals surface area contributed by atoms with Crippen molar-refractivity contribution in [1.82, 2.24) is 3.97 Å². The van der Waals surface area contributed by atoms with Gasteiger partial charge in [-0.15, -0.1) is 0 Å². The van der Waals surface area contributed by atoms with Gasteiger partial charge in [0, 0.05) is 15.1 Å². The summed E-state index contributed by atoms with van der Waals surface area (Å²) in [6.45, 7) is 1.56. The van der Waals surface area contributed by atoms with Crippen molar-refractivity contribution in [3.05, 3.63) is 84.0 Å². The van der Waals surface area contributed by atoms with E-state index < -0.39 is 27.0 Å². The molecule has 1 heterocycles. The lowest BCUT2D eigenvalue weighted by atomic mass is 9.91. The van der Waals surface area contributed by atoms with Gasteiger partial charge in [-0.1, -0.05) is 35.9 Å². The zero-order valence-corrected chi connectivity index (χ0v) is 13.4. The molecule has 23 heavy (non-hydrogen) atoms. The normalized spacial score (nSPS) is 23.1. The molecule has 2 aromatic rings. The SMILES string of the molecule is [2H]C([2H])(C1=CC=CC(C)(S(=O)(=O)n2cccc2)C1)c1cccc(F)c1. The minimum atomic E-state index is -3.75. The third-order valence-electron chi connectivity index (χ3n) is 3.86. The van der Waals surface area contributed by atoms with Crippen LogP contribution in [0, 0.1) is 5.82 Å². The highest BCUT2D eigenvalue weighted by molar-refractivity contribution is 7.91. The predicted octanol–water partition coefficient (Wildman–Crippen LogP) is 3.69. The Morgan fingerprint density at radius 2 is 2.04 bits per heavy atom. The summed E-state index contributed by atoms with van der Waals surface area (Å²) >= 11 is 0. The van der Waals surface area contributed by atoms with Crippen LogP contribution in [0.4, 0.5) is 4.39 Å². The second kappa shape index (κ2) is 5.81. The molecule has 3 rings (SSSR count). The van der Waals surface area contributed by atoms with E-state index in [4.69, 9.17) is 2.74 Å². The van der Waals surface area contributed by atoms with Gasteiger partial charge in [0.2, 0.25) is 10.0 Å². The Balaban J connectivity index is 1.99. The maximum Gasteiger partial charge on any atom is 0.247 e. The zero-order valence-electron chi connectivity index (χ0n) is 14.6. The van der Waals surface area contributed by atoms with Crippen LogP contribution in [0.5, 0.6) is 0 Å². The second-order valence-corrected chi connectivity index (χ2v) is 8.00. The summed E-state index contributed by atoms with van der Waals surface area (Å²) in [7, 11) is -3.75. The van der Waals surface area contributed by atoms with Gasteiger partial charge < -0.3 is 0 Å². The number of hydrogen-bond acceptors (Lipinski definition) is 2. The molecule has 1 aliphatic rings. The van der Waals surface area contributed by atoms with Crippen molar-refractivity contribution < 1.29 is 15.5 Å². The van der Waals surface area contributed by atoms with E-state index in [1.54, 1.807) is 37.3 Å². The average Bonchev–Trinajstić information content (AvgIpc) is 3.10. The lowest BCUT2D eigenvalue weighted by Crippen LogP contribution is -2.38. The molecule has 0 bridgehead atoms. The van der Waals surface area contributed by atoms with Crippen molar-refractivity contribution in [3.63, 3.8) is 0 Å². The predicted molar refractivity (Wildman–Crippen MR) is 89.1 cm³/mol. The minimum Gasteiger partial charge on any atom is -0.252 e. The maximum absolute atomic E-state index is 13.5. The Bertz CT molecular complexity index is 949. The van der Waals surface area contributed by atoms with E-state index in [9.17, 15) is 12.8 Å². The summed E-state index contributed by atoms with van der Waals surface area (Å²) in [5.41, 5.74) is 0.452. The van der Waals surface area contributed by atoms with Gasteiger partial charge in [-0.25, -0.2) is 12.8 Å². The van der Waals surface area contributed by atoms with Gasteiger partial charge in [-0.05, 0) is 49.5 Å². The standard InChI is InChI=1S/C18H18FNO2S/c1-18(23(21,22)20-10-2-3-11-20)9-5-7-16(14-18)12-15-6-4-8-17(19)13-15/h2-11,13H,12,14H2,1H3/i12D2. The van der Waals surface area contributed by atoms with Crippen molar-refractivity contribution >= 4 is 10.0 Å². The number of allylic oxidation sites excluding steroid dienone is 3. The lowest BCUT2D eigenvalue weighted by Gasteiger charge is -2.30. The topological polar surface area (TPSA) is 39.1 Å². The number of benzene rings is 1. The van der Waals surface area contributed by atoms with Gasteiger partial charge in [-0.2, -0.15) is 0 Å². The average molecular weight is 333 g/mol. The summed E-state index contributed by atoms with van der Waals surface area (Å²) in [6.07, 6.45) is 5.59. The van der Waals surface area contributed by atoms with Crippen molar-refractivity contribution in [3.8, 4) is 0 Å². The van der Waals surface area contributed by atoms with E-state index in [2.05, 4.69) is 0 Å². The molecule has 0 fully saturated rings. The van der Waals surface area contributed by atoms with Crippen molar-refractivity contribution in [1.29, 1.82) is 0 Å². The molecule has 0 saturated heterocycles. The largest absolute Gasteiger partial charge is 0.252 e. The van der Waals surface area contributed by atoms with Gasteiger partial charge in [0.15, 0.2) is 0 Å². The molecule has 3 nitrogen and oxygen atoms in total. The van der Waals surface area contributed by atoms with E-state index in [0.717, 1.165) is 10.0 Å². The fourth-order valence-corrected chi connectivity index (χ4v) is 4.13. The Kier molecular flexibility index (Phi) is 3.36. The minimum absolute atomic E-state index is 0.0203. The summed E-state index contributed by atoms with van der Waals surface area (Å²) < 4.78 is 56.0. The van der Waals surface area contributed by atoms with Crippen molar-refractivity contribution in [2.24, 2.45) is 0 Å². The molecule has 120 valence electrons. The van der Waals surface area contributed by atoms with Gasteiger partial charge in [-0.3, -0.25) is 3.97 Å². The molecule has 0 amide bonds. The first-order valence-electron chi connectivity index (χ1n) is 8.20. The molecular weight excluding hydrogens is 313 g/mol. The fraction of sp³-hybridized carbons (Fsp3) is 0.222. The molecule has 1 aromatic carbocycles. The van der Waals surface area contributed by atoms with Crippen LogP contribution in [0.25, 0.3) is 0 Å². The Morgan fingerprint density at radius 3 is 2.74 bits per heavy atom. The first-order chi connectivity index (χ1) is 11.7. The Labute approximate surface area is 138 Å². The van der Waals surface area contributed by atoms with Crippen LogP contribution in [0.2, 0.25) is 0 Å². The maximum atomic E-state index is 13.5. The molecule has 0 N–H and O–H groups in total. The van der Waals surface area contributed by atoms with E-state index in [1.165, 1.54) is 30.6 Å². The zero-order chi connectivity index (χ0) is 18.3. The monoisotopic (exact) mass is 333 g/mol. The molecule has 0 spiro atoms. The molecular formula is C18H18FNO2S. The summed E-state index contributed by atoms with van der Waals surface area (Å²) in [5, 5.41) is 0. The second-order valence-electron chi connectivity index (χ2n) is 5.69. The van der Waals surface area contributed by atoms with Gasteiger partial charge >= 0.3 is 0 Å². The van der Waals surface area contributed by atoms with Crippen LogP contribution in [-0.2, 0) is 16.4 Å². The van der Waals surface area contributed by atoms with Gasteiger partial charge in [0.25, 0.3) is 0 Å². The molecule has 0 saturated carbocycles.